The van der Waals surface area contributed by atoms with Gasteiger partial charge >= 0.3 is 0 Å². The zero-order chi connectivity index (χ0) is 13.0. The van der Waals surface area contributed by atoms with E-state index in [4.69, 9.17) is 11.6 Å². The largest absolute Gasteiger partial charge is 0.353 e. The number of halogens is 1. The number of nitrogens with one attached hydrogen (secondary N) is 1. The molecule has 2 aromatic rings. The van der Waals surface area contributed by atoms with E-state index in [1.54, 1.807) is 0 Å². The van der Waals surface area contributed by atoms with Gasteiger partial charge in [0.25, 0.3) is 0 Å². The first-order valence-corrected chi connectivity index (χ1v) is 6.61. The number of benzene rings is 1. The summed E-state index contributed by atoms with van der Waals surface area (Å²) in [6.07, 6.45) is 3.09. The van der Waals surface area contributed by atoms with Crippen LogP contribution >= 0.6 is 11.6 Å². The van der Waals surface area contributed by atoms with Crippen molar-refractivity contribution in [3.63, 3.8) is 0 Å². The smallest absolute Gasteiger partial charge is 0.0406 e. The molecule has 1 heterocycles. The van der Waals surface area contributed by atoms with Crippen LogP contribution in [0.5, 0.6) is 0 Å². The maximum Gasteiger partial charge on any atom is 0.0406 e. The molecule has 3 heteroatoms. The summed E-state index contributed by atoms with van der Waals surface area (Å²) in [6.45, 7) is 3.11. The summed E-state index contributed by atoms with van der Waals surface area (Å²) in [5.41, 5.74) is 2.62. The molecule has 1 aromatic heterocycles. The molecule has 0 spiro atoms. The molecule has 0 amide bonds. The second-order valence-corrected chi connectivity index (χ2v) is 5.16. The summed E-state index contributed by atoms with van der Waals surface area (Å²) >= 11 is 5.88. The minimum atomic E-state index is 0.445. The van der Waals surface area contributed by atoms with E-state index in [0.29, 0.717) is 6.04 Å². The van der Waals surface area contributed by atoms with Crippen molar-refractivity contribution in [1.29, 1.82) is 0 Å². The topological polar surface area (TPSA) is 17.0 Å². The van der Waals surface area contributed by atoms with Crippen molar-refractivity contribution in [3.8, 4) is 0 Å². The van der Waals surface area contributed by atoms with Crippen LogP contribution in [0.1, 0.15) is 18.2 Å². The zero-order valence-electron chi connectivity index (χ0n) is 10.9. The molecule has 0 bridgehead atoms. The van der Waals surface area contributed by atoms with Gasteiger partial charge in [0, 0.05) is 36.5 Å². The molecule has 0 aliphatic heterocycles. The average Bonchev–Trinajstić information content (AvgIpc) is 2.75. The number of hydrogen-bond acceptors (Lipinski definition) is 1. The maximum atomic E-state index is 5.88. The van der Waals surface area contributed by atoms with Gasteiger partial charge in [0.1, 0.15) is 0 Å². The first kappa shape index (κ1) is 13.2. The highest BCUT2D eigenvalue weighted by molar-refractivity contribution is 6.30. The monoisotopic (exact) mass is 262 g/mol. The Morgan fingerprint density at radius 1 is 1.22 bits per heavy atom. The Morgan fingerprint density at radius 2 is 1.94 bits per heavy atom. The Kier molecular flexibility index (Phi) is 4.45. The molecule has 0 aliphatic rings. The van der Waals surface area contributed by atoms with E-state index in [-0.39, 0.29) is 0 Å². The molecule has 18 heavy (non-hydrogen) atoms. The summed E-state index contributed by atoms with van der Waals surface area (Å²) in [7, 11) is 2.07. The van der Waals surface area contributed by atoms with E-state index in [2.05, 4.69) is 54.3 Å². The molecule has 2 rings (SSSR count). The lowest BCUT2D eigenvalue weighted by Gasteiger charge is -2.14. The lowest BCUT2D eigenvalue weighted by molar-refractivity contribution is 0.532. The first-order chi connectivity index (χ1) is 8.65. The van der Waals surface area contributed by atoms with Crippen molar-refractivity contribution >= 4 is 11.6 Å². The number of hydrogen-bond donors (Lipinski definition) is 1. The fraction of sp³-hybridized carbons (Fsp3) is 0.333. The molecule has 0 saturated carbocycles. The van der Waals surface area contributed by atoms with Crippen molar-refractivity contribution < 1.29 is 0 Å². The highest BCUT2D eigenvalue weighted by Gasteiger charge is 2.04. The molecule has 0 fully saturated rings. The first-order valence-electron chi connectivity index (χ1n) is 6.23. The fourth-order valence-corrected chi connectivity index (χ4v) is 2.13. The minimum Gasteiger partial charge on any atom is -0.353 e. The van der Waals surface area contributed by atoms with Gasteiger partial charge in [-0.15, -0.1) is 0 Å². The SMILES string of the molecule is CC(Cc1ccc(Cl)cc1)NCc1cccn1C. The molecule has 0 aliphatic carbocycles. The predicted molar refractivity (Wildman–Crippen MR) is 76.9 cm³/mol. The Balaban J connectivity index is 1.83. The van der Waals surface area contributed by atoms with Gasteiger partial charge in [-0.25, -0.2) is 0 Å². The Morgan fingerprint density at radius 3 is 2.56 bits per heavy atom. The molecule has 0 saturated heterocycles. The van der Waals surface area contributed by atoms with Crippen LogP contribution in [0.15, 0.2) is 42.6 Å². The maximum absolute atomic E-state index is 5.88. The van der Waals surface area contributed by atoms with Crippen LogP contribution in [0.25, 0.3) is 0 Å². The van der Waals surface area contributed by atoms with Crippen molar-refractivity contribution in [2.45, 2.75) is 25.9 Å². The van der Waals surface area contributed by atoms with Gasteiger partial charge in [0.15, 0.2) is 0 Å². The number of rotatable bonds is 5. The Labute approximate surface area is 114 Å². The minimum absolute atomic E-state index is 0.445. The van der Waals surface area contributed by atoms with E-state index < -0.39 is 0 Å². The molecular weight excluding hydrogens is 244 g/mol. The van der Waals surface area contributed by atoms with E-state index in [0.717, 1.165) is 18.0 Å². The van der Waals surface area contributed by atoms with E-state index >= 15 is 0 Å². The summed E-state index contributed by atoms with van der Waals surface area (Å²) in [4.78, 5) is 0. The van der Waals surface area contributed by atoms with Crippen LogP contribution in [0, 0.1) is 0 Å². The lowest BCUT2D eigenvalue weighted by Crippen LogP contribution is -2.28. The Bertz CT molecular complexity index is 487. The third kappa shape index (κ3) is 3.62. The molecule has 1 unspecified atom stereocenters. The summed E-state index contributed by atoms with van der Waals surface area (Å²) in [6, 6.07) is 12.7. The van der Waals surface area contributed by atoms with E-state index in [1.165, 1.54) is 11.3 Å². The van der Waals surface area contributed by atoms with Gasteiger partial charge in [0.05, 0.1) is 0 Å². The van der Waals surface area contributed by atoms with Crippen molar-refractivity contribution in [2.75, 3.05) is 0 Å². The lowest BCUT2D eigenvalue weighted by atomic mass is 10.1. The third-order valence-corrected chi connectivity index (χ3v) is 3.39. The molecule has 1 aromatic carbocycles. The molecule has 2 nitrogen and oxygen atoms in total. The van der Waals surface area contributed by atoms with E-state index in [1.807, 2.05) is 12.1 Å². The normalized spacial score (nSPS) is 12.6. The van der Waals surface area contributed by atoms with Gasteiger partial charge in [-0.1, -0.05) is 23.7 Å². The van der Waals surface area contributed by atoms with Crippen molar-refractivity contribution in [1.82, 2.24) is 9.88 Å². The second-order valence-electron chi connectivity index (χ2n) is 4.72. The molecule has 96 valence electrons. The summed E-state index contributed by atoms with van der Waals surface area (Å²) in [5, 5.41) is 4.33. The fourth-order valence-electron chi connectivity index (χ4n) is 2.01. The summed E-state index contributed by atoms with van der Waals surface area (Å²) < 4.78 is 2.14. The number of nitrogens with zero attached hydrogens (tertiary/aromatic N) is 1. The molecule has 1 atom stereocenters. The molecule has 1 N–H and O–H groups in total. The van der Waals surface area contributed by atoms with Gasteiger partial charge in [0.2, 0.25) is 0 Å². The van der Waals surface area contributed by atoms with Crippen LogP contribution in [-0.2, 0) is 20.0 Å². The van der Waals surface area contributed by atoms with Crippen LogP contribution in [0.2, 0.25) is 5.02 Å². The highest BCUT2D eigenvalue weighted by atomic mass is 35.5. The molecular formula is C15H19ClN2. The number of aryl methyl sites for hydroxylation is 1. The van der Waals surface area contributed by atoms with Crippen LogP contribution in [0.4, 0.5) is 0 Å². The van der Waals surface area contributed by atoms with E-state index in [9.17, 15) is 0 Å². The van der Waals surface area contributed by atoms with Crippen LogP contribution < -0.4 is 5.32 Å². The van der Waals surface area contributed by atoms with Crippen LogP contribution in [-0.4, -0.2) is 10.6 Å². The predicted octanol–water partition coefficient (Wildman–Crippen LogP) is 3.40. The van der Waals surface area contributed by atoms with Crippen molar-refractivity contribution in [3.05, 3.63) is 58.9 Å². The van der Waals surface area contributed by atoms with Crippen molar-refractivity contribution in [2.24, 2.45) is 7.05 Å². The Hall–Kier alpha value is -1.25. The second kappa shape index (κ2) is 6.07. The highest BCUT2D eigenvalue weighted by Crippen LogP contribution is 2.11. The molecule has 0 radical (unpaired) electrons. The van der Waals surface area contributed by atoms with Crippen LogP contribution in [0.3, 0.4) is 0 Å². The average molecular weight is 263 g/mol. The van der Waals surface area contributed by atoms with Gasteiger partial charge in [-0.2, -0.15) is 0 Å². The van der Waals surface area contributed by atoms with Gasteiger partial charge in [-0.05, 0) is 43.2 Å². The van der Waals surface area contributed by atoms with Gasteiger partial charge < -0.3 is 9.88 Å². The zero-order valence-corrected chi connectivity index (χ0v) is 11.6. The quantitative estimate of drug-likeness (QED) is 0.874. The summed E-state index contributed by atoms with van der Waals surface area (Å²) in [5.74, 6) is 0. The van der Waals surface area contributed by atoms with Gasteiger partial charge in [-0.3, -0.25) is 0 Å². The third-order valence-electron chi connectivity index (χ3n) is 3.14. The number of aromatic nitrogens is 1. The standard InChI is InChI=1S/C15H19ClN2/c1-12(10-13-5-7-14(16)8-6-13)17-11-15-4-3-9-18(15)2/h3-9,12,17H,10-11H2,1-2H3.